The molecule has 1 rings (SSSR count). The van der Waals surface area contributed by atoms with Crippen molar-refractivity contribution in [2.24, 2.45) is 0 Å². The van der Waals surface area contributed by atoms with Crippen LogP contribution in [0.15, 0.2) is 24.3 Å². The molecule has 1 aromatic carbocycles. The summed E-state index contributed by atoms with van der Waals surface area (Å²) in [4.78, 5) is 13.9. The molecule has 4 heteroatoms. The summed E-state index contributed by atoms with van der Waals surface area (Å²) in [6, 6.07) is 8.71. The van der Waals surface area contributed by atoms with E-state index in [1.54, 1.807) is 0 Å². The normalized spacial score (nSPS) is 13.1. The summed E-state index contributed by atoms with van der Waals surface area (Å²) in [5.74, 6) is 0. The summed E-state index contributed by atoms with van der Waals surface area (Å²) in [6.45, 7) is 11.2. The number of amides is 1. The highest BCUT2D eigenvalue weighted by Gasteiger charge is 2.17. The Morgan fingerprint density at radius 2 is 2.05 bits per heavy atom. The molecule has 118 valence electrons. The smallest absolute Gasteiger partial charge is 0.407 e. The first-order valence-corrected chi connectivity index (χ1v) is 7.40. The quantitative estimate of drug-likeness (QED) is 0.905. The first-order valence-electron chi connectivity index (χ1n) is 7.40. The first kappa shape index (κ1) is 17.5. The van der Waals surface area contributed by atoms with Crippen LogP contribution in [-0.4, -0.2) is 36.2 Å². The van der Waals surface area contributed by atoms with Gasteiger partial charge in [-0.05, 0) is 47.2 Å². The molecule has 0 radical (unpaired) electrons. The molecule has 1 aromatic rings. The van der Waals surface area contributed by atoms with E-state index in [0.717, 1.165) is 6.54 Å². The van der Waals surface area contributed by atoms with Crippen molar-refractivity contribution in [3.63, 3.8) is 0 Å². The molecule has 1 atom stereocenters. The number of hydrogen-bond donors (Lipinski definition) is 1. The van der Waals surface area contributed by atoms with E-state index in [1.165, 1.54) is 11.1 Å². The van der Waals surface area contributed by atoms with Gasteiger partial charge in [-0.15, -0.1) is 0 Å². The molecule has 0 unspecified atom stereocenters. The summed E-state index contributed by atoms with van der Waals surface area (Å²) < 4.78 is 5.23. The molecule has 0 saturated heterocycles. The number of rotatable bonds is 5. The van der Waals surface area contributed by atoms with Crippen molar-refractivity contribution in [3.8, 4) is 0 Å². The molecule has 0 aliphatic heterocycles. The monoisotopic (exact) mass is 292 g/mol. The van der Waals surface area contributed by atoms with Crippen LogP contribution < -0.4 is 5.32 Å². The molecule has 0 saturated carbocycles. The molecular weight excluding hydrogens is 264 g/mol. The standard InChI is InChI=1S/C17H28N2O2/c1-13-8-7-9-15(10-13)12-19(6)14(2)11-18-16(20)21-17(3,4)5/h7-10,14H,11-12H2,1-6H3,(H,18,20)/t14-/m0/s1. The van der Waals surface area contributed by atoms with Gasteiger partial charge in [-0.25, -0.2) is 4.79 Å². The van der Waals surface area contributed by atoms with Gasteiger partial charge in [0.05, 0.1) is 0 Å². The molecule has 0 aromatic heterocycles. The van der Waals surface area contributed by atoms with Crippen molar-refractivity contribution in [2.45, 2.75) is 52.8 Å². The highest BCUT2D eigenvalue weighted by Crippen LogP contribution is 2.09. The van der Waals surface area contributed by atoms with Gasteiger partial charge in [0, 0.05) is 19.1 Å². The van der Waals surface area contributed by atoms with Crippen molar-refractivity contribution in [2.75, 3.05) is 13.6 Å². The molecule has 0 heterocycles. The lowest BCUT2D eigenvalue weighted by Gasteiger charge is -2.26. The number of ether oxygens (including phenoxy) is 1. The van der Waals surface area contributed by atoms with Crippen molar-refractivity contribution >= 4 is 6.09 Å². The van der Waals surface area contributed by atoms with Crippen LogP contribution in [0.5, 0.6) is 0 Å². The van der Waals surface area contributed by atoms with Crippen LogP contribution in [0.3, 0.4) is 0 Å². The van der Waals surface area contributed by atoms with Gasteiger partial charge in [-0.3, -0.25) is 4.90 Å². The summed E-state index contributed by atoms with van der Waals surface area (Å²) in [5.41, 5.74) is 2.09. The maximum atomic E-state index is 11.6. The largest absolute Gasteiger partial charge is 0.444 e. The summed E-state index contributed by atoms with van der Waals surface area (Å²) in [7, 11) is 2.06. The lowest BCUT2D eigenvalue weighted by atomic mass is 10.1. The highest BCUT2D eigenvalue weighted by atomic mass is 16.6. The van der Waals surface area contributed by atoms with E-state index in [9.17, 15) is 4.79 Å². The van der Waals surface area contributed by atoms with E-state index < -0.39 is 5.60 Å². The fourth-order valence-electron chi connectivity index (χ4n) is 1.96. The third-order valence-electron chi connectivity index (χ3n) is 3.21. The number of aryl methyl sites for hydroxylation is 1. The lowest BCUT2D eigenvalue weighted by molar-refractivity contribution is 0.0512. The van der Waals surface area contributed by atoms with Crippen LogP contribution in [0.25, 0.3) is 0 Å². The number of carbonyl (C=O) groups excluding carboxylic acids is 1. The molecule has 0 aliphatic carbocycles. The van der Waals surface area contributed by atoms with E-state index >= 15 is 0 Å². The van der Waals surface area contributed by atoms with Gasteiger partial charge >= 0.3 is 6.09 Å². The zero-order chi connectivity index (χ0) is 16.0. The average Bonchev–Trinajstić information content (AvgIpc) is 2.33. The van der Waals surface area contributed by atoms with Crippen LogP contribution in [0.4, 0.5) is 4.79 Å². The van der Waals surface area contributed by atoms with Crippen molar-refractivity contribution in [3.05, 3.63) is 35.4 Å². The number of hydrogen-bond acceptors (Lipinski definition) is 3. The molecule has 0 spiro atoms. The maximum absolute atomic E-state index is 11.6. The molecule has 4 nitrogen and oxygen atoms in total. The van der Waals surface area contributed by atoms with E-state index in [2.05, 4.69) is 55.4 Å². The van der Waals surface area contributed by atoms with Gasteiger partial charge in [0.25, 0.3) is 0 Å². The second kappa shape index (κ2) is 7.46. The Bertz CT molecular complexity index is 466. The average molecular weight is 292 g/mol. The first-order chi connectivity index (χ1) is 9.67. The van der Waals surface area contributed by atoms with Crippen molar-refractivity contribution in [1.82, 2.24) is 10.2 Å². The Morgan fingerprint density at radius 1 is 1.38 bits per heavy atom. The number of benzene rings is 1. The lowest BCUT2D eigenvalue weighted by Crippen LogP contribution is -2.41. The minimum absolute atomic E-state index is 0.234. The van der Waals surface area contributed by atoms with Crippen LogP contribution >= 0.6 is 0 Å². The van der Waals surface area contributed by atoms with E-state index in [0.29, 0.717) is 6.54 Å². The van der Waals surface area contributed by atoms with Gasteiger partial charge in [-0.2, -0.15) is 0 Å². The third kappa shape index (κ3) is 7.14. The van der Waals surface area contributed by atoms with Crippen molar-refractivity contribution < 1.29 is 9.53 Å². The number of likely N-dealkylation sites (N-methyl/N-ethyl adjacent to an activating group) is 1. The van der Waals surface area contributed by atoms with E-state index in [-0.39, 0.29) is 12.1 Å². The fraction of sp³-hybridized carbons (Fsp3) is 0.588. The minimum atomic E-state index is -0.458. The zero-order valence-corrected chi connectivity index (χ0v) is 14.1. The number of alkyl carbamates (subject to hydrolysis) is 1. The number of nitrogens with zero attached hydrogens (tertiary/aromatic N) is 1. The van der Waals surface area contributed by atoms with Gasteiger partial charge in [0.2, 0.25) is 0 Å². The highest BCUT2D eigenvalue weighted by molar-refractivity contribution is 5.67. The number of carbonyl (C=O) groups is 1. The second-order valence-corrected chi connectivity index (χ2v) is 6.64. The fourth-order valence-corrected chi connectivity index (χ4v) is 1.96. The molecular formula is C17H28N2O2. The van der Waals surface area contributed by atoms with Crippen LogP contribution in [0.1, 0.15) is 38.8 Å². The minimum Gasteiger partial charge on any atom is -0.444 e. The van der Waals surface area contributed by atoms with Gasteiger partial charge in [0.15, 0.2) is 0 Å². The molecule has 21 heavy (non-hydrogen) atoms. The van der Waals surface area contributed by atoms with Crippen molar-refractivity contribution in [1.29, 1.82) is 0 Å². The predicted molar refractivity (Wildman–Crippen MR) is 86.3 cm³/mol. The SMILES string of the molecule is Cc1cccc(CN(C)[C@@H](C)CNC(=O)OC(C)(C)C)c1. The Balaban J connectivity index is 2.41. The maximum Gasteiger partial charge on any atom is 0.407 e. The zero-order valence-electron chi connectivity index (χ0n) is 14.1. The predicted octanol–water partition coefficient (Wildman–Crippen LogP) is 3.34. The molecule has 1 N–H and O–H groups in total. The Kier molecular flexibility index (Phi) is 6.21. The third-order valence-corrected chi connectivity index (χ3v) is 3.21. The second-order valence-electron chi connectivity index (χ2n) is 6.64. The van der Waals surface area contributed by atoms with E-state index in [4.69, 9.17) is 4.74 Å². The number of nitrogens with one attached hydrogen (secondary N) is 1. The topological polar surface area (TPSA) is 41.6 Å². The van der Waals surface area contributed by atoms with Gasteiger partial charge < -0.3 is 10.1 Å². The summed E-state index contributed by atoms with van der Waals surface area (Å²) >= 11 is 0. The molecule has 0 fully saturated rings. The van der Waals surface area contributed by atoms with E-state index in [1.807, 2.05) is 20.8 Å². The van der Waals surface area contributed by atoms with Crippen LogP contribution in [0.2, 0.25) is 0 Å². The molecule has 1 amide bonds. The van der Waals surface area contributed by atoms with Crippen LogP contribution in [-0.2, 0) is 11.3 Å². The van der Waals surface area contributed by atoms with Gasteiger partial charge in [-0.1, -0.05) is 29.8 Å². The Hall–Kier alpha value is -1.55. The summed E-state index contributed by atoms with van der Waals surface area (Å²) in [5, 5.41) is 2.81. The molecule has 0 aliphatic rings. The Morgan fingerprint density at radius 3 is 2.62 bits per heavy atom. The summed E-state index contributed by atoms with van der Waals surface area (Å²) in [6.07, 6.45) is -0.363. The Labute approximate surface area is 128 Å². The molecule has 0 bridgehead atoms. The van der Waals surface area contributed by atoms with Gasteiger partial charge in [0.1, 0.15) is 5.60 Å². The van der Waals surface area contributed by atoms with Crippen LogP contribution in [0, 0.1) is 6.92 Å².